The standard InChI is InChI=1S/C10H14BrNS/c1-7-12-9(10(11)13-7)8-5-3-2-4-6-8/h8H,2-6H2,1H3. The van der Waals surface area contributed by atoms with Crippen LogP contribution < -0.4 is 0 Å². The first-order valence-electron chi connectivity index (χ1n) is 4.90. The molecule has 0 N–H and O–H groups in total. The molecule has 2 rings (SSSR count). The maximum atomic E-state index is 4.61. The van der Waals surface area contributed by atoms with Crippen LogP contribution in [0.2, 0.25) is 0 Å². The Morgan fingerprint density at radius 2 is 2.00 bits per heavy atom. The van der Waals surface area contributed by atoms with Crippen LogP contribution in [0.15, 0.2) is 3.79 Å². The van der Waals surface area contributed by atoms with Crippen LogP contribution in [0.5, 0.6) is 0 Å². The van der Waals surface area contributed by atoms with Crippen LogP contribution in [0.1, 0.15) is 48.7 Å². The van der Waals surface area contributed by atoms with Gasteiger partial charge in [-0.2, -0.15) is 0 Å². The SMILES string of the molecule is Cc1nc(C2CCCCC2)c(Br)s1. The van der Waals surface area contributed by atoms with E-state index in [1.165, 1.54) is 46.6 Å². The molecule has 0 saturated heterocycles. The van der Waals surface area contributed by atoms with E-state index in [2.05, 4.69) is 27.8 Å². The maximum Gasteiger partial charge on any atom is 0.0934 e. The van der Waals surface area contributed by atoms with Crippen molar-refractivity contribution in [3.05, 3.63) is 14.5 Å². The summed E-state index contributed by atoms with van der Waals surface area (Å²) < 4.78 is 1.26. The van der Waals surface area contributed by atoms with Crippen LogP contribution in [0.3, 0.4) is 0 Å². The molecule has 0 aliphatic heterocycles. The molecule has 1 nitrogen and oxygen atoms in total. The molecule has 1 fully saturated rings. The monoisotopic (exact) mass is 259 g/mol. The van der Waals surface area contributed by atoms with Gasteiger partial charge < -0.3 is 0 Å². The van der Waals surface area contributed by atoms with E-state index in [0.29, 0.717) is 0 Å². The van der Waals surface area contributed by atoms with Crippen LogP contribution in [-0.4, -0.2) is 4.98 Å². The van der Waals surface area contributed by atoms with E-state index in [1.807, 2.05) is 0 Å². The van der Waals surface area contributed by atoms with Crippen LogP contribution in [0.4, 0.5) is 0 Å². The fraction of sp³-hybridized carbons (Fsp3) is 0.700. The van der Waals surface area contributed by atoms with Crippen molar-refractivity contribution in [2.75, 3.05) is 0 Å². The lowest BCUT2D eigenvalue weighted by atomic mass is 9.87. The van der Waals surface area contributed by atoms with E-state index < -0.39 is 0 Å². The first-order valence-corrected chi connectivity index (χ1v) is 6.51. The lowest BCUT2D eigenvalue weighted by molar-refractivity contribution is 0.436. The molecular formula is C10H14BrNS. The van der Waals surface area contributed by atoms with E-state index in [9.17, 15) is 0 Å². The van der Waals surface area contributed by atoms with Gasteiger partial charge in [-0.25, -0.2) is 4.98 Å². The topological polar surface area (TPSA) is 12.9 Å². The van der Waals surface area contributed by atoms with Gasteiger partial charge in [0.1, 0.15) is 0 Å². The van der Waals surface area contributed by atoms with Crippen molar-refractivity contribution in [2.45, 2.75) is 44.9 Å². The Hall–Kier alpha value is 0.110. The Labute approximate surface area is 91.7 Å². The zero-order valence-corrected chi connectivity index (χ0v) is 10.2. The molecule has 0 radical (unpaired) electrons. The van der Waals surface area contributed by atoms with Gasteiger partial charge in [-0.05, 0) is 35.7 Å². The third-order valence-electron chi connectivity index (χ3n) is 2.71. The summed E-state index contributed by atoms with van der Waals surface area (Å²) in [5, 5.41) is 1.19. The van der Waals surface area contributed by atoms with Crippen LogP contribution in [0, 0.1) is 6.92 Å². The van der Waals surface area contributed by atoms with Gasteiger partial charge in [-0.1, -0.05) is 19.3 Å². The Morgan fingerprint density at radius 1 is 1.31 bits per heavy atom. The summed E-state index contributed by atoms with van der Waals surface area (Å²) in [5.41, 5.74) is 1.32. The average Bonchev–Trinajstić information content (AvgIpc) is 2.47. The molecule has 0 spiro atoms. The Kier molecular flexibility index (Phi) is 3.04. The minimum absolute atomic E-state index is 0.730. The lowest BCUT2D eigenvalue weighted by Gasteiger charge is -2.19. The highest BCUT2D eigenvalue weighted by Gasteiger charge is 2.20. The fourth-order valence-corrected chi connectivity index (χ4v) is 3.88. The van der Waals surface area contributed by atoms with Crippen molar-refractivity contribution in [3.8, 4) is 0 Å². The summed E-state index contributed by atoms with van der Waals surface area (Å²) in [6.07, 6.45) is 6.85. The highest BCUT2D eigenvalue weighted by Crippen LogP contribution is 2.38. The van der Waals surface area contributed by atoms with Crippen molar-refractivity contribution in [2.24, 2.45) is 0 Å². The predicted molar refractivity (Wildman–Crippen MR) is 60.4 cm³/mol. The number of rotatable bonds is 1. The van der Waals surface area contributed by atoms with Gasteiger partial charge in [0, 0.05) is 5.92 Å². The highest BCUT2D eigenvalue weighted by atomic mass is 79.9. The summed E-state index contributed by atoms with van der Waals surface area (Å²) in [7, 11) is 0. The number of thiazole rings is 1. The van der Waals surface area contributed by atoms with Crippen molar-refractivity contribution >= 4 is 27.3 Å². The molecule has 1 aromatic rings. The number of hydrogen-bond acceptors (Lipinski definition) is 2. The summed E-state index contributed by atoms with van der Waals surface area (Å²) in [5.74, 6) is 0.730. The Balaban J connectivity index is 2.18. The van der Waals surface area contributed by atoms with Gasteiger partial charge in [0.25, 0.3) is 0 Å². The van der Waals surface area contributed by atoms with Gasteiger partial charge in [0.15, 0.2) is 0 Å². The van der Waals surface area contributed by atoms with Gasteiger partial charge in [-0.15, -0.1) is 11.3 Å². The smallest absolute Gasteiger partial charge is 0.0934 e. The predicted octanol–water partition coefficient (Wildman–Crippen LogP) is 4.26. The van der Waals surface area contributed by atoms with Gasteiger partial charge in [0.05, 0.1) is 14.5 Å². The largest absolute Gasteiger partial charge is 0.245 e. The number of nitrogens with zero attached hydrogens (tertiary/aromatic N) is 1. The first kappa shape index (κ1) is 9.66. The van der Waals surface area contributed by atoms with Crippen LogP contribution in [0.25, 0.3) is 0 Å². The third kappa shape index (κ3) is 2.13. The van der Waals surface area contributed by atoms with Crippen molar-refractivity contribution < 1.29 is 0 Å². The molecule has 0 bridgehead atoms. The number of aryl methyl sites for hydroxylation is 1. The molecule has 13 heavy (non-hydrogen) atoms. The zero-order chi connectivity index (χ0) is 9.26. The summed E-state index contributed by atoms with van der Waals surface area (Å²) in [6.45, 7) is 2.09. The lowest BCUT2D eigenvalue weighted by Crippen LogP contribution is -2.05. The molecule has 0 atom stereocenters. The molecule has 1 aliphatic rings. The third-order valence-corrected chi connectivity index (χ3v) is 4.38. The second-order valence-electron chi connectivity index (χ2n) is 3.73. The molecule has 72 valence electrons. The molecule has 1 aliphatic carbocycles. The Morgan fingerprint density at radius 3 is 2.54 bits per heavy atom. The van der Waals surface area contributed by atoms with E-state index in [-0.39, 0.29) is 0 Å². The van der Waals surface area contributed by atoms with E-state index in [1.54, 1.807) is 11.3 Å². The summed E-state index contributed by atoms with van der Waals surface area (Å²) in [4.78, 5) is 4.61. The Bertz CT molecular complexity index is 289. The van der Waals surface area contributed by atoms with Crippen molar-refractivity contribution in [3.63, 3.8) is 0 Å². The molecule has 0 aromatic carbocycles. The normalized spacial score (nSPS) is 19.2. The minimum Gasteiger partial charge on any atom is -0.245 e. The molecule has 3 heteroatoms. The zero-order valence-electron chi connectivity index (χ0n) is 7.85. The van der Waals surface area contributed by atoms with E-state index in [0.717, 1.165) is 5.92 Å². The van der Waals surface area contributed by atoms with Crippen LogP contribution >= 0.6 is 27.3 Å². The number of aromatic nitrogens is 1. The molecule has 1 heterocycles. The van der Waals surface area contributed by atoms with E-state index in [4.69, 9.17) is 0 Å². The summed E-state index contributed by atoms with van der Waals surface area (Å²) >= 11 is 5.38. The second-order valence-corrected chi connectivity index (χ2v) is 6.25. The average molecular weight is 260 g/mol. The van der Waals surface area contributed by atoms with Crippen molar-refractivity contribution in [1.29, 1.82) is 0 Å². The molecule has 0 unspecified atom stereocenters. The van der Waals surface area contributed by atoms with Gasteiger partial charge in [-0.3, -0.25) is 0 Å². The van der Waals surface area contributed by atoms with Crippen molar-refractivity contribution in [1.82, 2.24) is 4.98 Å². The quantitative estimate of drug-likeness (QED) is 0.735. The van der Waals surface area contributed by atoms with Gasteiger partial charge in [0.2, 0.25) is 0 Å². The number of halogens is 1. The fourth-order valence-electron chi connectivity index (χ4n) is 2.05. The highest BCUT2D eigenvalue weighted by molar-refractivity contribution is 9.11. The molecule has 1 saturated carbocycles. The maximum absolute atomic E-state index is 4.61. The van der Waals surface area contributed by atoms with E-state index >= 15 is 0 Å². The minimum atomic E-state index is 0.730. The summed E-state index contributed by atoms with van der Waals surface area (Å²) in [6, 6.07) is 0. The number of hydrogen-bond donors (Lipinski definition) is 0. The van der Waals surface area contributed by atoms with Gasteiger partial charge >= 0.3 is 0 Å². The molecule has 1 aromatic heterocycles. The first-order chi connectivity index (χ1) is 6.27. The molecule has 0 amide bonds. The molecular weight excluding hydrogens is 246 g/mol. The second kappa shape index (κ2) is 4.09. The van der Waals surface area contributed by atoms with Crippen LogP contribution in [-0.2, 0) is 0 Å².